The van der Waals surface area contributed by atoms with Crippen molar-refractivity contribution in [2.45, 2.75) is 12.1 Å². The van der Waals surface area contributed by atoms with Gasteiger partial charge in [-0.05, 0) is 0 Å². The lowest BCUT2D eigenvalue weighted by Crippen LogP contribution is -2.44. The Morgan fingerprint density at radius 2 is 2.00 bits per heavy atom. The lowest BCUT2D eigenvalue weighted by atomic mass is 10.3. The van der Waals surface area contributed by atoms with Crippen molar-refractivity contribution in [2.75, 3.05) is 19.8 Å². The SMILES string of the molecule is O=C(O)C(COP(=O)(O)O)NCC(O)CO. The van der Waals surface area contributed by atoms with Gasteiger partial charge in [0.05, 0.1) is 19.3 Å². The molecule has 0 saturated carbocycles. The smallest absolute Gasteiger partial charge is 0.469 e. The molecule has 0 rings (SSSR count). The second-order valence-corrected chi connectivity index (χ2v) is 4.16. The van der Waals surface area contributed by atoms with Crippen LogP contribution in [0.25, 0.3) is 0 Å². The van der Waals surface area contributed by atoms with Crippen LogP contribution >= 0.6 is 7.82 Å². The van der Waals surface area contributed by atoms with E-state index in [4.69, 9.17) is 25.1 Å². The number of rotatable bonds is 8. The van der Waals surface area contributed by atoms with Crippen LogP contribution in [0.2, 0.25) is 0 Å². The van der Waals surface area contributed by atoms with Crippen LogP contribution in [0.1, 0.15) is 0 Å². The maximum atomic E-state index is 10.6. The molecule has 10 heteroatoms. The van der Waals surface area contributed by atoms with Gasteiger partial charge in [0, 0.05) is 6.54 Å². The molecule has 9 nitrogen and oxygen atoms in total. The van der Waals surface area contributed by atoms with E-state index in [1.165, 1.54) is 0 Å². The van der Waals surface area contributed by atoms with Crippen LogP contribution in [0, 0.1) is 0 Å². The Morgan fingerprint density at radius 3 is 2.38 bits per heavy atom. The van der Waals surface area contributed by atoms with E-state index in [1.807, 2.05) is 0 Å². The first-order valence-electron chi connectivity index (χ1n) is 4.21. The summed E-state index contributed by atoms with van der Waals surface area (Å²) in [5.41, 5.74) is 0. The van der Waals surface area contributed by atoms with E-state index in [0.29, 0.717) is 0 Å². The van der Waals surface area contributed by atoms with Gasteiger partial charge in [0.2, 0.25) is 0 Å². The van der Waals surface area contributed by atoms with Crippen LogP contribution < -0.4 is 5.32 Å². The number of carboxylic acid groups (broad SMARTS) is 1. The number of carbonyl (C=O) groups is 1. The van der Waals surface area contributed by atoms with Gasteiger partial charge in [-0.1, -0.05) is 0 Å². The molecule has 0 aromatic rings. The molecule has 0 saturated heterocycles. The maximum Gasteiger partial charge on any atom is 0.469 e. The third-order valence-corrected chi connectivity index (χ3v) is 2.00. The molecule has 0 amide bonds. The van der Waals surface area contributed by atoms with Crippen molar-refractivity contribution in [2.24, 2.45) is 0 Å². The Hall–Kier alpha value is -0.540. The minimum atomic E-state index is -4.73. The Bertz CT molecular complexity index is 265. The molecular weight excluding hydrogens is 245 g/mol. The van der Waals surface area contributed by atoms with Crippen molar-refractivity contribution >= 4 is 13.8 Å². The lowest BCUT2D eigenvalue weighted by molar-refractivity contribution is -0.140. The third kappa shape index (κ3) is 7.71. The molecule has 6 N–H and O–H groups in total. The van der Waals surface area contributed by atoms with Crippen LogP contribution in [0.15, 0.2) is 0 Å². The normalized spacial score (nSPS) is 15.8. The number of aliphatic hydroxyl groups excluding tert-OH is 2. The summed E-state index contributed by atoms with van der Waals surface area (Å²) in [6.45, 7) is -1.55. The minimum absolute atomic E-state index is 0.238. The Labute approximate surface area is 90.9 Å². The summed E-state index contributed by atoms with van der Waals surface area (Å²) >= 11 is 0. The number of phosphoric acid groups is 1. The predicted molar refractivity (Wildman–Crippen MR) is 50.5 cm³/mol. The van der Waals surface area contributed by atoms with Crippen LogP contribution in [0.4, 0.5) is 0 Å². The largest absolute Gasteiger partial charge is 0.480 e. The topological polar surface area (TPSA) is 157 Å². The standard InChI is InChI=1S/C6H14NO8P/c8-2-4(9)1-7-5(6(10)11)3-15-16(12,13)14/h4-5,7-9H,1-3H2,(H,10,11)(H2,12,13,14). The molecule has 0 aliphatic rings. The predicted octanol–water partition coefficient (Wildman–Crippen LogP) is -2.51. The van der Waals surface area contributed by atoms with Crippen molar-refractivity contribution in [1.29, 1.82) is 0 Å². The zero-order valence-corrected chi connectivity index (χ0v) is 9.08. The minimum Gasteiger partial charge on any atom is -0.480 e. The molecule has 96 valence electrons. The van der Waals surface area contributed by atoms with Gasteiger partial charge in [-0.25, -0.2) is 4.57 Å². The van der Waals surface area contributed by atoms with Gasteiger partial charge >= 0.3 is 13.8 Å². The Kier molecular flexibility index (Phi) is 6.68. The lowest BCUT2D eigenvalue weighted by Gasteiger charge is -2.16. The Balaban J connectivity index is 4.09. The molecule has 2 atom stereocenters. The summed E-state index contributed by atoms with van der Waals surface area (Å²) < 4.78 is 14.3. The first kappa shape index (κ1) is 15.5. The summed E-state index contributed by atoms with van der Waals surface area (Å²) in [5, 5.41) is 28.2. The first-order valence-corrected chi connectivity index (χ1v) is 5.74. The van der Waals surface area contributed by atoms with Crippen molar-refractivity contribution in [3.8, 4) is 0 Å². The average molecular weight is 259 g/mol. The highest BCUT2D eigenvalue weighted by Crippen LogP contribution is 2.35. The molecule has 0 aromatic carbocycles. The number of hydrogen-bond donors (Lipinski definition) is 6. The van der Waals surface area contributed by atoms with Crippen LogP contribution in [-0.4, -0.2) is 63.0 Å². The Morgan fingerprint density at radius 1 is 1.44 bits per heavy atom. The number of phosphoric ester groups is 1. The van der Waals surface area contributed by atoms with Crippen LogP contribution in [0.3, 0.4) is 0 Å². The van der Waals surface area contributed by atoms with E-state index in [2.05, 4.69) is 9.84 Å². The summed E-state index contributed by atoms with van der Waals surface area (Å²) in [5.74, 6) is -1.39. The average Bonchev–Trinajstić information content (AvgIpc) is 2.14. The maximum absolute atomic E-state index is 10.6. The molecule has 16 heavy (non-hydrogen) atoms. The summed E-state index contributed by atoms with van der Waals surface area (Å²) in [6.07, 6.45) is -1.16. The van der Waals surface area contributed by atoms with Gasteiger partial charge in [-0.2, -0.15) is 0 Å². The van der Waals surface area contributed by atoms with Crippen molar-refractivity contribution in [3.63, 3.8) is 0 Å². The van der Waals surface area contributed by atoms with E-state index in [9.17, 15) is 9.36 Å². The number of carboxylic acids is 1. The summed E-state index contributed by atoms with van der Waals surface area (Å²) in [6, 6.07) is -1.38. The zero-order valence-electron chi connectivity index (χ0n) is 8.18. The molecule has 0 spiro atoms. The van der Waals surface area contributed by atoms with Crippen molar-refractivity contribution < 1.29 is 39.0 Å². The fourth-order valence-electron chi connectivity index (χ4n) is 0.732. The van der Waals surface area contributed by atoms with Crippen molar-refractivity contribution in [1.82, 2.24) is 5.32 Å². The summed E-state index contributed by atoms with van der Waals surface area (Å²) in [4.78, 5) is 27.3. The molecule has 0 aromatic heterocycles. The highest BCUT2D eigenvalue weighted by molar-refractivity contribution is 7.46. The highest BCUT2D eigenvalue weighted by Gasteiger charge is 2.23. The van der Waals surface area contributed by atoms with E-state index in [-0.39, 0.29) is 6.54 Å². The van der Waals surface area contributed by atoms with Crippen molar-refractivity contribution in [3.05, 3.63) is 0 Å². The van der Waals surface area contributed by atoms with E-state index in [1.54, 1.807) is 0 Å². The van der Waals surface area contributed by atoms with E-state index in [0.717, 1.165) is 0 Å². The first-order chi connectivity index (χ1) is 7.26. The number of nitrogens with one attached hydrogen (secondary N) is 1. The highest BCUT2D eigenvalue weighted by atomic mass is 31.2. The molecule has 0 aliphatic heterocycles. The molecule has 0 radical (unpaired) electrons. The second kappa shape index (κ2) is 6.92. The van der Waals surface area contributed by atoms with Gasteiger partial charge in [0.1, 0.15) is 6.04 Å². The fourth-order valence-corrected chi connectivity index (χ4v) is 1.08. The third-order valence-electron chi connectivity index (χ3n) is 1.52. The van der Waals surface area contributed by atoms with Crippen LogP contribution in [0.5, 0.6) is 0 Å². The van der Waals surface area contributed by atoms with E-state index >= 15 is 0 Å². The molecule has 0 heterocycles. The molecule has 0 fully saturated rings. The van der Waals surface area contributed by atoms with Gasteiger partial charge in [0.25, 0.3) is 0 Å². The molecule has 0 aliphatic carbocycles. The van der Waals surface area contributed by atoms with Gasteiger partial charge in [-0.3, -0.25) is 14.6 Å². The quantitative estimate of drug-likeness (QED) is 0.259. The fraction of sp³-hybridized carbons (Fsp3) is 0.833. The summed E-state index contributed by atoms with van der Waals surface area (Å²) in [7, 11) is -4.73. The van der Waals surface area contributed by atoms with Crippen LogP contribution in [-0.2, 0) is 13.9 Å². The molecule has 0 bridgehead atoms. The van der Waals surface area contributed by atoms with Gasteiger partial charge in [-0.15, -0.1) is 0 Å². The van der Waals surface area contributed by atoms with E-state index < -0.39 is 39.2 Å². The number of aliphatic hydroxyl groups is 2. The number of aliphatic carboxylic acids is 1. The monoisotopic (exact) mass is 259 g/mol. The molecular formula is C6H14NO8P. The van der Waals surface area contributed by atoms with Gasteiger partial charge < -0.3 is 25.1 Å². The number of hydrogen-bond acceptors (Lipinski definition) is 6. The zero-order chi connectivity index (χ0) is 12.8. The van der Waals surface area contributed by atoms with Gasteiger partial charge in [0.15, 0.2) is 0 Å². The molecule has 2 unspecified atom stereocenters. The second-order valence-electron chi connectivity index (χ2n) is 2.92.